The van der Waals surface area contributed by atoms with Gasteiger partial charge in [-0.2, -0.15) is 0 Å². The Labute approximate surface area is 156 Å². The second-order valence-corrected chi connectivity index (χ2v) is 7.02. The number of H-pyrrole nitrogens is 1. The van der Waals surface area contributed by atoms with Crippen LogP contribution < -0.4 is 9.64 Å². The van der Waals surface area contributed by atoms with Gasteiger partial charge in [0.1, 0.15) is 11.8 Å². The van der Waals surface area contributed by atoms with Crippen LogP contribution in [0.2, 0.25) is 0 Å². The Balaban J connectivity index is 1.61. The van der Waals surface area contributed by atoms with Gasteiger partial charge in [0.25, 0.3) is 5.91 Å². The van der Waals surface area contributed by atoms with Crippen LogP contribution in [-0.2, 0) is 11.2 Å². The summed E-state index contributed by atoms with van der Waals surface area (Å²) in [5, 5.41) is 1.05. The number of carbonyl (C=O) groups excluding carboxylic acids is 2. The average Bonchev–Trinajstić information content (AvgIpc) is 3.18. The Morgan fingerprint density at radius 1 is 1.11 bits per heavy atom. The van der Waals surface area contributed by atoms with Gasteiger partial charge in [-0.1, -0.05) is 18.2 Å². The van der Waals surface area contributed by atoms with Gasteiger partial charge >= 0.3 is 6.03 Å². The van der Waals surface area contributed by atoms with Crippen molar-refractivity contribution in [3.8, 4) is 5.75 Å². The summed E-state index contributed by atoms with van der Waals surface area (Å²) in [6.07, 6.45) is 0.501. The fourth-order valence-corrected chi connectivity index (χ4v) is 4.33. The molecule has 136 valence electrons. The normalized spacial score (nSPS) is 21.6. The van der Waals surface area contributed by atoms with Crippen molar-refractivity contribution in [1.82, 2.24) is 9.88 Å². The Morgan fingerprint density at radius 2 is 1.89 bits per heavy atom. The molecule has 27 heavy (non-hydrogen) atoms. The number of rotatable bonds is 2. The van der Waals surface area contributed by atoms with E-state index in [2.05, 4.69) is 4.98 Å². The molecule has 2 atom stereocenters. The summed E-state index contributed by atoms with van der Waals surface area (Å²) in [6.45, 7) is 1.97. The van der Waals surface area contributed by atoms with Crippen LogP contribution in [0.3, 0.4) is 0 Å². The first-order chi connectivity index (χ1) is 13.1. The molecular formula is C21H19N3O3. The molecule has 5 rings (SSSR count). The van der Waals surface area contributed by atoms with Gasteiger partial charge in [0.15, 0.2) is 0 Å². The summed E-state index contributed by atoms with van der Waals surface area (Å²) in [5.74, 6) is 0.611. The third-order valence-electron chi connectivity index (χ3n) is 5.65. The lowest BCUT2D eigenvalue weighted by molar-refractivity contribution is -0.120. The van der Waals surface area contributed by atoms with E-state index < -0.39 is 6.04 Å². The zero-order chi connectivity index (χ0) is 18.7. The van der Waals surface area contributed by atoms with Gasteiger partial charge in [-0.3, -0.25) is 4.79 Å². The standard InChI is InChI=1S/C21H19N3O3/c1-12-19-16(15-10-14(27-2)8-9-17(15)22-19)11-18-20(25)24(21(26)23(12)18)13-6-4-3-5-7-13/h3-10,12,18,22H,11H2,1-2H3. The number of nitrogens with zero attached hydrogens (tertiary/aromatic N) is 2. The maximum Gasteiger partial charge on any atom is 0.332 e. The third kappa shape index (κ3) is 2.13. The number of ether oxygens (including phenoxy) is 1. The van der Waals surface area contributed by atoms with Crippen molar-refractivity contribution in [3.63, 3.8) is 0 Å². The number of benzene rings is 2. The second kappa shape index (κ2) is 5.61. The van der Waals surface area contributed by atoms with E-state index in [1.165, 1.54) is 4.90 Å². The SMILES string of the molecule is COc1ccc2[nH]c3c(c2c1)CC1C(=O)N(c2ccccc2)C(=O)N1C3C. The molecule has 2 aromatic carbocycles. The smallest absolute Gasteiger partial charge is 0.332 e. The van der Waals surface area contributed by atoms with Crippen molar-refractivity contribution < 1.29 is 14.3 Å². The van der Waals surface area contributed by atoms with E-state index in [0.717, 1.165) is 27.9 Å². The number of carbonyl (C=O) groups is 2. The van der Waals surface area contributed by atoms with Crippen molar-refractivity contribution in [2.45, 2.75) is 25.4 Å². The summed E-state index contributed by atoms with van der Waals surface area (Å²) in [4.78, 5) is 32.6. The van der Waals surface area contributed by atoms with Gasteiger partial charge in [-0.05, 0) is 42.8 Å². The summed E-state index contributed by atoms with van der Waals surface area (Å²) >= 11 is 0. The highest BCUT2D eigenvalue weighted by Gasteiger charge is 2.51. The second-order valence-electron chi connectivity index (χ2n) is 7.02. The predicted molar refractivity (Wildman–Crippen MR) is 102 cm³/mol. The minimum absolute atomic E-state index is 0.166. The molecule has 0 spiro atoms. The van der Waals surface area contributed by atoms with E-state index in [0.29, 0.717) is 12.1 Å². The maximum atomic E-state index is 13.1. The molecule has 2 aliphatic heterocycles. The van der Waals surface area contributed by atoms with Crippen LogP contribution in [0.5, 0.6) is 5.75 Å². The first kappa shape index (κ1) is 15.9. The Bertz CT molecular complexity index is 1070. The van der Waals surface area contributed by atoms with E-state index in [-0.39, 0.29) is 18.0 Å². The molecule has 3 aromatic rings. The van der Waals surface area contributed by atoms with E-state index >= 15 is 0 Å². The van der Waals surface area contributed by atoms with Gasteiger partial charge < -0.3 is 14.6 Å². The van der Waals surface area contributed by atoms with E-state index in [9.17, 15) is 9.59 Å². The van der Waals surface area contributed by atoms with Crippen LogP contribution in [0.4, 0.5) is 10.5 Å². The van der Waals surface area contributed by atoms with Gasteiger partial charge in [0.2, 0.25) is 0 Å². The highest BCUT2D eigenvalue weighted by atomic mass is 16.5. The molecule has 1 fully saturated rings. The number of anilines is 1. The number of nitrogens with one attached hydrogen (secondary N) is 1. The summed E-state index contributed by atoms with van der Waals surface area (Å²) in [6, 6.07) is 14.0. The molecule has 0 radical (unpaired) electrons. The fourth-order valence-electron chi connectivity index (χ4n) is 4.33. The highest BCUT2D eigenvalue weighted by molar-refractivity contribution is 6.21. The number of hydrogen-bond donors (Lipinski definition) is 1. The van der Waals surface area contributed by atoms with Crippen LogP contribution in [0, 0.1) is 0 Å². The molecule has 6 heteroatoms. The summed E-state index contributed by atoms with van der Waals surface area (Å²) < 4.78 is 5.36. The summed E-state index contributed by atoms with van der Waals surface area (Å²) in [5.41, 5.74) is 3.69. The average molecular weight is 361 g/mol. The van der Waals surface area contributed by atoms with Crippen molar-refractivity contribution >= 4 is 28.5 Å². The Kier molecular flexibility index (Phi) is 3.31. The lowest BCUT2D eigenvalue weighted by atomic mass is 9.93. The molecule has 1 saturated heterocycles. The number of imide groups is 1. The zero-order valence-corrected chi connectivity index (χ0v) is 15.1. The Hall–Kier alpha value is -3.28. The quantitative estimate of drug-likeness (QED) is 0.709. The predicted octanol–water partition coefficient (Wildman–Crippen LogP) is 3.63. The van der Waals surface area contributed by atoms with E-state index in [1.54, 1.807) is 24.1 Å². The topological polar surface area (TPSA) is 65.6 Å². The van der Waals surface area contributed by atoms with Crippen LogP contribution in [-0.4, -0.2) is 35.0 Å². The number of fused-ring (bicyclic) bond motifs is 4. The molecule has 1 N–H and O–H groups in total. The van der Waals surface area contributed by atoms with Gasteiger partial charge in [0, 0.05) is 23.0 Å². The van der Waals surface area contributed by atoms with E-state index in [1.807, 2.05) is 43.3 Å². The Morgan fingerprint density at radius 3 is 2.63 bits per heavy atom. The minimum atomic E-state index is -0.481. The number of aromatic nitrogens is 1. The van der Waals surface area contributed by atoms with Gasteiger partial charge in [-0.25, -0.2) is 9.69 Å². The molecule has 0 saturated carbocycles. The van der Waals surface area contributed by atoms with Crippen molar-refractivity contribution in [2.75, 3.05) is 12.0 Å². The third-order valence-corrected chi connectivity index (χ3v) is 5.65. The number of amides is 3. The first-order valence-electron chi connectivity index (χ1n) is 9.00. The van der Waals surface area contributed by atoms with Crippen LogP contribution >= 0.6 is 0 Å². The molecule has 3 heterocycles. The van der Waals surface area contributed by atoms with Crippen LogP contribution in [0.1, 0.15) is 24.2 Å². The van der Waals surface area contributed by atoms with Crippen LogP contribution in [0.15, 0.2) is 48.5 Å². The van der Waals surface area contributed by atoms with Crippen molar-refractivity contribution in [3.05, 3.63) is 59.8 Å². The van der Waals surface area contributed by atoms with Crippen LogP contribution in [0.25, 0.3) is 10.9 Å². The molecule has 2 aliphatic rings. The van der Waals surface area contributed by atoms with Crippen molar-refractivity contribution in [2.24, 2.45) is 0 Å². The van der Waals surface area contributed by atoms with Crippen molar-refractivity contribution in [1.29, 1.82) is 0 Å². The molecule has 0 bridgehead atoms. The molecule has 2 unspecified atom stereocenters. The fraction of sp³-hybridized carbons (Fsp3) is 0.238. The number of hydrogen-bond acceptors (Lipinski definition) is 3. The zero-order valence-electron chi connectivity index (χ0n) is 15.1. The minimum Gasteiger partial charge on any atom is -0.497 e. The molecular weight excluding hydrogens is 342 g/mol. The summed E-state index contributed by atoms with van der Waals surface area (Å²) in [7, 11) is 1.64. The maximum absolute atomic E-state index is 13.1. The largest absolute Gasteiger partial charge is 0.497 e. The number of para-hydroxylation sites is 1. The van der Waals surface area contributed by atoms with Gasteiger partial charge in [0.05, 0.1) is 18.8 Å². The highest BCUT2D eigenvalue weighted by Crippen LogP contribution is 2.42. The number of aromatic amines is 1. The molecule has 0 aliphatic carbocycles. The number of urea groups is 1. The van der Waals surface area contributed by atoms with Gasteiger partial charge in [-0.15, -0.1) is 0 Å². The lowest BCUT2D eigenvalue weighted by Crippen LogP contribution is -2.42. The number of methoxy groups -OCH3 is 1. The van der Waals surface area contributed by atoms with E-state index in [4.69, 9.17) is 4.74 Å². The first-order valence-corrected chi connectivity index (χ1v) is 9.00. The monoisotopic (exact) mass is 361 g/mol. The molecule has 6 nitrogen and oxygen atoms in total. The lowest BCUT2D eigenvalue weighted by Gasteiger charge is -2.33. The molecule has 3 amide bonds. The molecule has 1 aromatic heterocycles.